The van der Waals surface area contributed by atoms with Gasteiger partial charge in [-0.1, -0.05) is 13.8 Å². The van der Waals surface area contributed by atoms with Crippen molar-refractivity contribution in [1.82, 2.24) is 9.88 Å². The normalized spacial score (nSPS) is 11.2. The number of carbonyl (C=O) groups is 1. The minimum absolute atomic E-state index is 0.104. The van der Waals surface area contributed by atoms with E-state index in [-0.39, 0.29) is 5.78 Å². The highest BCUT2D eigenvalue weighted by Crippen LogP contribution is 2.25. The van der Waals surface area contributed by atoms with Gasteiger partial charge in [0.1, 0.15) is 5.75 Å². The van der Waals surface area contributed by atoms with Crippen molar-refractivity contribution in [2.24, 2.45) is 7.05 Å². The van der Waals surface area contributed by atoms with Crippen molar-refractivity contribution in [3.05, 3.63) is 30.0 Å². The van der Waals surface area contributed by atoms with Crippen LogP contribution >= 0.6 is 0 Å². The predicted molar refractivity (Wildman–Crippen MR) is 76.9 cm³/mol. The number of nitrogens with zero attached hydrogens (tertiary/aromatic N) is 1. The largest absolute Gasteiger partial charge is 0.497 e. The first-order valence-electron chi connectivity index (χ1n) is 6.42. The molecule has 0 aliphatic carbocycles. The number of ketones is 1. The van der Waals surface area contributed by atoms with E-state index in [9.17, 15) is 4.79 Å². The molecule has 0 spiro atoms. The summed E-state index contributed by atoms with van der Waals surface area (Å²) in [6, 6.07) is 6.09. The molecule has 0 unspecified atom stereocenters. The van der Waals surface area contributed by atoms with Gasteiger partial charge in [-0.3, -0.25) is 4.79 Å². The number of hydrogen-bond acceptors (Lipinski definition) is 3. The van der Waals surface area contributed by atoms with Gasteiger partial charge in [0, 0.05) is 35.8 Å². The molecule has 0 saturated heterocycles. The number of fused-ring (bicyclic) bond motifs is 1. The van der Waals surface area contributed by atoms with Crippen LogP contribution in [0.15, 0.2) is 24.4 Å². The molecule has 0 saturated carbocycles. The highest BCUT2D eigenvalue weighted by Gasteiger charge is 2.14. The second kappa shape index (κ2) is 5.45. The molecular weight excluding hydrogens is 240 g/mol. The van der Waals surface area contributed by atoms with Gasteiger partial charge in [0.15, 0.2) is 5.78 Å². The molecule has 0 radical (unpaired) electrons. The number of methoxy groups -OCH3 is 1. The molecule has 0 aliphatic rings. The molecule has 1 aromatic heterocycles. The van der Waals surface area contributed by atoms with E-state index in [4.69, 9.17) is 4.74 Å². The number of nitrogens with one attached hydrogen (secondary N) is 1. The summed E-state index contributed by atoms with van der Waals surface area (Å²) in [6.07, 6.45) is 1.88. The Bertz CT molecular complexity index is 599. The third-order valence-corrected chi connectivity index (χ3v) is 3.17. The predicted octanol–water partition coefficient (Wildman–Crippen LogP) is 2.37. The number of benzene rings is 1. The molecule has 2 aromatic rings. The number of carbonyl (C=O) groups excluding carboxylic acids is 1. The Kier molecular flexibility index (Phi) is 3.90. The van der Waals surface area contributed by atoms with Crippen LogP contribution in [-0.4, -0.2) is 30.0 Å². The van der Waals surface area contributed by atoms with Crippen LogP contribution in [0.1, 0.15) is 24.2 Å². The van der Waals surface area contributed by atoms with Crippen LogP contribution in [0.2, 0.25) is 0 Å². The van der Waals surface area contributed by atoms with Crippen LogP contribution in [-0.2, 0) is 7.05 Å². The van der Waals surface area contributed by atoms with E-state index in [0.29, 0.717) is 12.6 Å². The van der Waals surface area contributed by atoms with Crippen LogP contribution < -0.4 is 10.1 Å². The van der Waals surface area contributed by atoms with Crippen molar-refractivity contribution < 1.29 is 9.53 Å². The Morgan fingerprint density at radius 2 is 2.16 bits per heavy atom. The zero-order valence-corrected chi connectivity index (χ0v) is 11.9. The first-order chi connectivity index (χ1) is 9.02. The molecule has 0 fully saturated rings. The van der Waals surface area contributed by atoms with Gasteiger partial charge in [-0.15, -0.1) is 0 Å². The molecule has 0 bridgehead atoms. The van der Waals surface area contributed by atoms with Crippen LogP contribution in [0.25, 0.3) is 10.9 Å². The van der Waals surface area contributed by atoms with E-state index in [2.05, 4.69) is 5.32 Å². The van der Waals surface area contributed by atoms with E-state index in [1.807, 2.05) is 49.9 Å². The number of ether oxygens (including phenoxy) is 1. The lowest BCUT2D eigenvalue weighted by atomic mass is 10.1. The molecule has 0 atom stereocenters. The Balaban J connectivity index is 2.39. The summed E-state index contributed by atoms with van der Waals surface area (Å²) in [5.74, 6) is 0.872. The van der Waals surface area contributed by atoms with Crippen LogP contribution in [0, 0.1) is 0 Å². The van der Waals surface area contributed by atoms with Gasteiger partial charge in [0.25, 0.3) is 0 Å². The average Bonchev–Trinajstić information content (AvgIpc) is 2.73. The summed E-state index contributed by atoms with van der Waals surface area (Å²) in [4.78, 5) is 12.3. The average molecular weight is 260 g/mol. The Morgan fingerprint density at radius 3 is 2.79 bits per heavy atom. The molecule has 102 valence electrons. The second-order valence-corrected chi connectivity index (χ2v) is 5.00. The lowest BCUT2D eigenvalue weighted by Gasteiger charge is -2.06. The van der Waals surface area contributed by atoms with Gasteiger partial charge in [-0.2, -0.15) is 0 Å². The molecule has 4 nitrogen and oxygen atoms in total. The van der Waals surface area contributed by atoms with Gasteiger partial charge in [0.2, 0.25) is 0 Å². The SMILES string of the molecule is COc1ccc2c(c1)c(C(=O)CNC(C)C)cn2C. The highest BCUT2D eigenvalue weighted by atomic mass is 16.5. The zero-order chi connectivity index (χ0) is 14.0. The summed E-state index contributed by atoms with van der Waals surface area (Å²) >= 11 is 0. The maximum atomic E-state index is 12.3. The van der Waals surface area contributed by atoms with Crippen molar-refractivity contribution in [3.8, 4) is 5.75 Å². The number of aryl methyl sites for hydroxylation is 1. The molecule has 0 aliphatic heterocycles. The van der Waals surface area contributed by atoms with Crippen LogP contribution in [0.5, 0.6) is 5.75 Å². The summed E-state index contributed by atoms with van der Waals surface area (Å²) in [6.45, 7) is 4.41. The number of aromatic nitrogens is 1. The maximum Gasteiger partial charge on any atom is 0.178 e. The lowest BCUT2D eigenvalue weighted by molar-refractivity contribution is 0.0990. The fourth-order valence-corrected chi connectivity index (χ4v) is 2.11. The number of rotatable bonds is 5. The molecule has 4 heteroatoms. The topological polar surface area (TPSA) is 43.3 Å². The quantitative estimate of drug-likeness (QED) is 0.839. The zero-order valence-electron chi connectivity index (χ0n) is 11.9. The van der Waals surface area contributed by atoms with Gasteiger partial charge < -0.3 is 14.6 Å². The summed E-state index contributed by atoms with van der Waals surface area (Å²) in [5.41, 5.74) is 1.78. The first kappa shape index (κ1) is 13.6. The van der Waals surface area contributed by atoms with E-state index < -0.39 is 0 Å². The number of hydrogen-bond donors (Lipinski definition) is 1. The van der Waals surface area contributed by atoms with Gasteiger partial charge >= 0.3 is 0 Å². The third kappa shape index (κ3) is 2.79. The third-order valence-electron chi connectivity index (χ3n) is 3.17. The first-order valence-corrected chi connectivity index (χ1v) is 6.42. The highest BCUT2D eigenvalue weighted by molar-refractivity contribution is 6.09. The van der Waals surface area contributed by atoms with E-state index in [1.165, 1.54) is 0 Å². The summed E-state index contributed by atoms with van der Waals surface area (Å²) in [7, 11) is 3.58. The van der Waals surface area contributed by atoms with E-state index in [0.717, 1.165) is 22.2 Å². The fourth-order valence-electron chi connectivity index (χ4n) is 2.11. The monoisotopic (exact) mass is 260 g/mol. The Hall–Kier alpha value is -1.81. The molecule has 1 aromatic carbocycles. The second-order valence-electron chi connectivity index (χ2n) is 5.00. The smallest absolute Gasteiger partial charge is 0.178 e. The minimum atomic E-state index is 0.104. The molecule has 1 N–H and O–H groups in total. The standard InChI is InChI=1S/C15H20N2O2/c1-10(2)16-8-15(18)13-9-17(3)14-6-5-11(19-4)7-12(13)14/h5-7,9-10,16H,8H2,1-4H3. The Labute approximate surface area is 113 Å². The summed E-state index contributed by atoms with van der Waals surface area (Å²) < 4.78 is 7.20. The fraction of sp³-hybridized carbons (Fsp3) is 0.400. The van der Waals surface area contributed by atoms with Crippen LogP contribution in [0.3, 0.4) is 0 Å². The van der Waals surface area contributed by atoms with Crippen molar-refractivity contribution in [2.45, 2.75) is 19.9 Å². The van der Waals surface area contributed by atoms with E-state index >= 15 is 0 Å². The van der Waals surface area contributed by atoms with Crippen molar-refractivity contribution in [3.63, 3.8) is 0 Å². The van der Waals surface area contributed by atoms with Gasteiger partial charge in [0.05, 0.1) is 13.7 Å². The van der Waals surface area contributed by atoms with Gasteiger partial charge in [-0.25, -0.2) is 0 Å². The van der Waals surface area contributed by atoms with Crippen molar-refractivity contribution >= 4 is 16.7 Å². The molecule has 1 heterocycles. The minimum Gasteiger partial charge on any atom is -0.497 e. The Morgan fingerprint density at radius 1 is 1.42 bits per heavy atom. The molecule has 19 heavy (non-hydrogen) atoms. The maximum absolute atomic E-state index is 12.3. The van der Waals surface area contributed by atoms with Crippen molar-refractivity contribution in [2.75, 3.05) is 13.7 Å². The molecule has 0 amide bonds. The molecule has 2 rings (SSSR count). The summed E-state index contributed by atoms with van der Waals surface area (Å²) in [5, 5.41) is 4.10. The van der Waals surface area contributed by atoms with Crippen molar-refractivity contribution in [1.29, 1.82) is 0 Å². The van der Waals surface area contributed by atoms with E-state index in [1.54, 1.807) is 7.11 Å². The number of Topliss-reactive ketones (excluding diaryl/α,β-unsaturated/α-hetero) is 1. The molecular formula is C15H20N2O2. The van der Waals surface area contributed by atoms with Crippen LogP contribution in [0.4, 0.5) is 0 Å². The lowest BCUT2D eigenvalue weighted by Crippen LogP contribution is -2.29. The van der Waals surface area contributed by atoms with Gasteiger partial charge in [-0.05, 0) is 18.2 Å².